The van der Waals surface area contributed by atoms with Crippen molar-refractivity contribution >= 4 is 28.8 Å². The Hall–Kier alpha value is -2.59. The first-order chi connectivity index (χ1) is 12.7. The molecule has 0 radical (unpaired) electrons. The molecular formula is C21H20ClN3O. The molecule has 4 rings (SSSR count). The number of halogens is 1. The molecule has 0 unspecified atom stereocenters. The maximum absolute atomic E-state index is 12.8. The molecule has 2 aromatic heterocycles. The van der Waals surface area contributed by atoms with Gasteiger partial charge in [0, 0.05) is 42.3 Å². The number of benzene rings is 1. The van der Waals surface area contributed by atoms with E-state index < -0.39 is 0 Å². The molecule has 132 valence electrons. The summed E-state index contributed by atoms with van der Waals surface area (Å²) in [6.07, 6.45) is 5.78. The Bertz CT molecular complexity index is 963. The highest BCUT2D eigenvalue weighted by Crippen LogP contribution is 2.43. The fraction of sp³-hybridized carbons (Fsp3) is 0.238. The van der Waals surface area contributed by atoms with Gasteiger partial charge in [-0.3, -0.25) is 9.78 Å². The molecule has 0 saturated carbocycles. The summed E-state index contributed by atoms with van der Waals surface area (Å²) in [5.41, 5.74) is 5.57. The number of carbonyl (C=O) groups is 1. The SMILES string of the molecule is CCn1c2c(c(Nc3ccccc3)c1-c1ccncc1Cl)C(=O)CCC2. The van der Waals surface area contributed by atoms with Crippen LogP contribution in [0, 0.1) is 0 Å². The molecule has 0 atom stereocenters. The number of carbonyl (C=O) groups excluding carboxylic acids is 1. The van der Waals surface area contributed by atoms with Crippen LogP contribution in [0.3, 0.4) is 0 Å². The molecule has 1 aliphatic rings. The van der Waals surface area contributed by atoms with Gasteiger partial charge in [0.25, 0.3) is 0 Å². The van der Waals surface area contributed by atoms with E-state index in [9.17, 15) is 4.79 Å². The molecule has 0 fully saturated rings. The molecule has 0 saturated heterocycles. The molecule has 0 spiro atoms. The van der Waals surface area contributed by atoms with Gasteiger partial charge in [-0.05, 0) is 38.0 Å². The largest absolute Gasteiger partial charge is 0.353 e. The van der Waals surface area contributed by atoms with E-state index >= 15 is 0 Å². The lowest BCUT2D eigenvalue weighted by atomic mass is 9.95. The second-order valence-electron chi connectivity index (χ2n) is 6.41. The van der Waals surface area contributed by atoms with Crippen LogP contribution >= 0.6 is 11.6 Å². The Balaban J connectivity index is 1.99. The highest BCUT2D eigenvalue weighted by Gasteiger charge is 2.30. The summed E-state index contributed by atoms with van der Waals surface area (Å²) in [4.78, 5) is 16.9. The zero-order valence-electron chi connectivity index (χ0n) is 14.6. The zero-order chi connectivity index (χ0) is 18.1. The third kappa shape index (κ3) is 2.80. The summed E-state index contributed by atoms with van der Waals surface area (Å²) in [5.74, 6) is 0.198. The predicted molar refractivity (Wildman–Crippen MR) is 105 cm³/mol. The highest BCUT2D eigenvalue weighted by molar-refractivity contribution is 6.33. The van der Waals surface area contributed by atoms with E-state index in [1.807, 2.05) is 36.4 Å². The molecule has 3 aromatic rings. The Morgan fingerprint density at radius 3 is 2.73 bits per heavy atom. The summed E-state index contributed by atoms with van der Waals surface area (Å²) in [6.45, 7) is 2.88. The Labute approximate surface area is 157 Å². The van der Waals surface area contributed by atoms with Crippen LogP contribution < -0.4 is 5.32 Å². The molecule has 0 bridgehead atoms. The summed E-state index contributed by atoms with van der Waals surface area (Å²) >= 11 is 6.47. The quantitative estimate of drug-likeness (QED) is 0.665. The summed E-state index contributed by atoms with van der Waals surface area (Å²) in [7, 11) is 0. The number of pyridine rings is 1. The van der Waals surface area contributed by atoms with Crippen LogP contribution in [-0.2, 0) is 13.0 Å². The maximum Gasteiger partial charge on any atom is 0.166 e. The third-order valence-corrected chi connectivity index (χ3v) is 5.16. The van der Waals surface area contributed by atoms with Gasteiger partial charge in [-0.25, -0.2) is 0 Å². The van der Waals surface area contributed by atoms with Crippen LogP contribution in [0.25, 0.3) is 11.3 Å². The molecular weight excluding hydrogens is 346 g/mol. The number of fused-ring (bicyclic) bond motifs is 1. The van der Waals surface area contributed by atoms with Crippen LogP contribution in [-0.4, -0.2) is 15.3 Å². The minimum atomic E-state index is 0.198. The topological polar surface area (TPSA) is 46.9 Å². The number of hydrogen-bond donors (Lipinski definition) is 1. The number of Topliss-reactive ketones (excluding diaryl/α,β-unsaturated/α-hetero) is 1. The fourth-order valence-corrected chi connectivity index (χ4v) is 3.96. The van der Waals surface area contributed by atoms with Gasteiger partial charge >= 0.3 is 0 Å². The van der Waals surface area contributed by atoms with Gasteiger partial charge in [-0.1, -0.05) is 29.8 Å². The number of rotatable bonds is 4. The summed E-state index contributed by atoms with van der Waals surface area (Å²) in [6, 6.07) is 11.8. The molecule has 26 heavy (non-hydrogen) atoms. The molecule has 0 aliphatic heterocycles. The van der Waals surface area contributed by atoms with Crippen molar-refractivity contribution in [3.63, 3.8) is 0 Å². The van der Waals surface area contributed by atoms with Crippen molar-refractivity contribution in [2.45, 2.75) is 32.7 Å². The van der Waals surface area contributed by atoms with Crippen LogP contribution in [0.2, 0.25) is 5.02 Å². The number of hydrogen-bond acceptors (Lipinski definition) is 3. The Morgan fingerprint density at radius 1 is 1.19 bits per heavy atom. The van der Waals surface area contributed by atoms with E-state index in [1.54, 1.807) is 12.4 Å². The zero-order valence-corrected chi connectivity index (χ0v) is 15.4. The van der Waals surface area contributed by atoms with E-state index in [2.05, 4.69) is 21.8 Å². The third-order valence-electron chi connectivity index (χ3n) is 4.85. The lowest BCUT2D eigenvalue weighted by molar-refractivity contribution is 0.0972. The first-order valence-corrected chi connectivity index (χ1v) is 9.29. The standard InChI is InChI=1S/C21H20ClN3O/c1-2-25-17-9-6-10-18(26)19(17)20(24-14-7-4-3-5-8-14)21(25)15-11-12-23-13-16(15)22/h3-5,7-8,11-13,24H,2,6,9-10H2,1H3. The van der Waals surface area contributed by atoms with Crippen molar-refractivity contribution in [1.29, 1.82) is 0 Å². The van der Waals surface area contributed by atoms with E-state index in [-0.39, 0.29) is 5.78 Å². The average Bonchev–Trinajstić information content (AvgIpc) is 2.97. The van der Waals surface area contributed by atoms with Gasteiger partial charge < -0.3 is 9.88 Å². The van der Waals surface area contributed by atoms with Crippen molar-refractivity contribution in [3.05, 3.63) is 65.1 Å². The molecule has 0 amide bonds. The number of nitrogens with zero attached hydrogens (tertiary/aromatic N) is 2. The van der Waals surface area contributed by atoms with Crippen LogP contribution in [0.4, 0.5) is 11.4 Å². The molecule has 1 aliphatic carbocycles. The predicted octanol–water partition coefficient (Wildman–Crippen LogP) is 5.49. The number of anilines is 2. The monoisotopic (exact) mass is 365 g/mol. The summed E-state index contributed by atoms with van der Waals surface area (Å²) in [5, 5.41) is 4.07. The van der Waals surface area contributed by atoms with E-state index in [0.717, 1.165) is 53.3 Å². The molecule has 4 nitrogen and oxygen atoms in total. The second-order valence-corrected chi connectivity index (χ2v) is 6.82. The number of ketones is 1. The lowest BCUT2D eigenvalue weighted by Crippen LogP contribution is -2.13. The van der Waals surface area contributed by atoms with Gasteiger partial charge in [0.2, 0.25) is 0 Å². The van der Waals surface area contributed by atoms with E-state index in [0.29, 0.717) is 11.4 Å². The van der Waals surface area contributed by atoms with Crippen molar-refractivity contribution in [1.82, 2.24) is 9.55 Å². The highest BCUT2D eigenvalue weighted by atomic mass is 35.5. The number of aromatic nitrogens is 2. The van der Waals surface area contributed by atoms with Gasteiger partial charge in [-0.15, -0.1) is 0 Å². The van der Waals surface area contributed by atoms with Gasteiger partial charge in [0.05, 0.1) is 22.0 Å². The Kier molecular flexibility index (Phi) is 4.51. The van der Waals surface area contributed by atoms with Crippen LogP contribution in [0.5, 0.6) is 0 Å². The first-order valence-electron chi connectivity index (χ1n) is 8.91. The number of nitrogens with one attached hydrogen (secondary N) is 1. The average molecular weight is 366 g/mol. The lowest BCUT2D eigenvalue weighted by Gasteiger charge is -2.15. The van der Waals surface area contributed by atoms with Gasteiger partial charge in [0.1, 0.15) is 0 Å². The molecule has 1 aromatic carbocycles. The van der Waals surface area contributed by atoms with E-state index in [4.69, 9.17) is 11.6 Å². The smallest absolute Gasteiger partial charge is 0.166 e. The van der Waals surface area contributed by atoms with Crippen molar-refractivity contribution in [2.24, 2.45) is 0 Å². The van der Waals surface area contributed by atoms with Gasteiger partial charge in [-0.2, -0.15) is 0 Å². The van der Waals surface area contributed by atoms with Crippen LogP contribution in [0.1, 0.15) is 35.8 Å². The summed E-state index contributed by atoms with van der Waals surface area (Å²) < 4.78 is 2.22. The second kappa shape index (κ2) is 6.96. The van der Waals surface area contributed by atoms with Crippen LogP contribution in [0.15, 0.2) is 48.8 Å². The minimum Gasteiger partial charge on any atom is -0.353 e. The van der Waals surface area contributed by atoms with Crippen molar-refractivity contribution in [2.75, 3.05) is 5.32 Å². The van der Waals surface area contributed by atoms with Crippen molar-refractivity contribution < 1.29 is 4.79 Å². The maximum atomic E-state index is 12.8. The normalized spacial score (nSPS) is 13.5. The Morgan fingerprint density at radius 2 is 2.00 bits per heavy atom. The van der Waals surface area contributed by atoms with Crippen molar-refractivity contribution in [3.8, 4) is 11.3 Å². The molecule has 1 N–H and O–H groups in total. The number of para-hydroxylation sites is 1. The molecule has 5 heteroatoms. The molecule has 2 heterocycles. The van der Waals surface area contributed by atoms with E-state index in [1.165, 1.54) is 0 Å². The fourth-order valence-electron chi connectivity index (χ4n) is 3.75. The first kappa shape index (κ1) is 16.9. The van der Waals surface area contributed by atoms with Gasteiger partial charge in [0.15, 0.2) is 5.78 Å². The minimum absolute atomic E-state index is 0.198.